The topological polar surface area (TPSA) is 90.9 Å². The fourth-order valence-corrected chi connectivity index (χ4v) is 2.45. The van der Waals surface area contributed by atoms with Crippen LogP contribution in [0.4, 0.5) is 5.95 Å². The molecule has 3 N–H and O–H groups in total. The Hall–Kier alpha value is -2.51. The lowest BCUT2D eigenvalue weighted by atomic mass is 10.2. The average Bonchev–Trinajstić information content (AvgIpc) is 2.98. The summed E-state index contributed by atoms with van der Waals surface area (Å²) in [6, 6.07) is 12.9. The number of nitrogen functional groups attached to an aromatic ring is 1. The lowest BCUT2D eigenvalue weighted by Crippen LogP contribution is -2.18. The molecule has 0 radical (unpaired) electrons. The van der Waals surface area contributed by atoms with E-state index in [1.165, 1.54) is 4.79 Å². The smallest absolute Gasteiger partial charge is 0.260 e. The van der Waals surface area contributed by atoms with Crippen LogP contribution in [-0.2, 0) is 13.2 Å². The molecule has 3 rings (SSSR count). The van der Waals surface area contributed by atoms with E-state index in [9.17, 15) is 0 Å². The van der Waals surface area contributed by atoms with Gasteiger partial charge in [0, 0.05) is 21.2 Å². The van der Waals surface area contributed by atoms with Crippen LogP contribution in [-0.4, -0.2) is 20.3 Å². The van der Waals surface area contributed by atoms with Crippen molar-refractivity contribution >= 4 is 29.2 Å². The van der Waals surface area contributed by atoms with Crippen LogP contribution < -0.4 is 15.9 Å². The van der Waals surface area contributed by atoms with Crippen LogP contribution in [0.25, 0.3) is 0 Å². The average molecular weight is 365 g/mol. The van der Waals surface area contributed by atoms with Crippen LogP contribution in [0.1, 0.15) is 11.1 Å². The minimum atomic E-state index is 0.163. The van der Waals surface area contributed by atoms with E-state index in [-0.39, 0.29) is 5.95 Å². The van der Waals surface area contributed by atoms with E-state index >= 15 is 0 Å². The van der Waals surface area contributed by atoms with E-state index in [0.29, 0.717) is 28.9 Å². The number of nitrogens with zero attached hydrogens (tertiary/aromatic N) is 4. The number of hydrogen-bond donors (Lipinski definition) is 2. The number of benzene rings is 2. The Morgan fingerprint density at radius 2 is 1.96 bits per heavy atom. The summed E-state index contributed by atoms with van der Waals surface area (Å²) in [4.78, 5) is 1.28. The number of nitrogens with one attached hydrogen (secondary N) is 1. The summed E-state index contributed by atoms with van der Waals surface area (Å²) in [5, 5.41) is 12.0. The van der Waals surface area contributed by atoms with Gasteiger partial charge in [-0.05, 0) is 34.7 Å². The molecule has 0 aliphatic carbocycles. The molecule has 0 aliphatic heterocycles. The van der Waals surface area contributed by atoms with Gasteiger partial charge in [0.1, 0.15) is 12.4 Å². The Morgan fingerprint density at radius 3 is 2.71 bits per heavy atom. The van der Waals surface area contributed by atoms with Crippen molar-refractivity contribution in [3.05, 3.63) is 63.6 Å². The fraction of sp³-hybridized carbons (Fsp3) is 0.133. The standard InChI is InChI=1S/C15H14Cl2N6O/c16-12-5-6-14(24-9-10-3-1-2-4-13(10)17)11(7-12)8-19-23-15(18)20-21-22-23/h1-7,19H,8-9H2,(H2,18,20,22). The normalized spacial score (nSPS) is 10.6. The Morgan fingerprint density at radius 1 is 1.12 bits per heavy atom. The third-order valence-corrected chi connectivity index (χ3v) is 3.88. The number of halogens is 2. The minimum absolute atomic E-state index is 0.163. The lowest BCUT2D eigenvalue weighted by molar-refractivity contribution is 0.303. The van der Waals surface area contributed by atoms with Crippen LogP contribution in [0, 0.1) is 0 Å². The summed E-state index contributed by atoms with van der Waals surface area (Å²) >= 11 is 12.2. The van der Waals surface area contributed by atoms with E-state index in [1.807, 2.05) is 24.3 Å². The maximum absolute atomic E-state index is 6.15. The molecule has 0 aliphatic rings. The molecule has 1 aromatic heterocycles. The van der Waals surface area contributed by atoms with Gasteiger partial charge in [0.15, 0.2) is 0 Å². The zero-order valence-electron chi connectivity index (χ0n) is 12.5. The second-order valence-corrected chi connectivity index (χ2v) is 5.76. The Labute approximate surface area is 148 Å². The van der Waals surface area contributed by atoms with Gasteiger partial charge in [0.05, 0.1) is 6.54 Å². The molecule has 0 saturated carbocycles. The third kappa shape index (κ3) is 3.87. The van der Waals surface area contributed by atoms with Gasteiger partial charge in [-0.1, -0.05) is 46.5 Å². The van der Waals surface area contributed by atoms with Crippen molar-refractivity contribution in [2.24, 2.45) is 0 Å². The fourth-order valence-electron chi connectivity index (χ4n) is 2.06. The first kappa shape index (κ1) is 16.4. The van der Waals surface area contributed by atoms with E-state index in [1.54, 1.807) is 18.2 Å². The molecule has 24 heavy (non-hydrogen) atoms. The highest BCUT2D eigenvalue weighted by atomic mass is 35.5. The Bertz CT molecular complexity index is 838. The van der Waals surface area contributed by atoms with Gasteiger partial charge in [0.2, 0.25) is 0 Å². The molecular formula is C15H14Cl2N6O. The molecule has 0 unspecified atom stereocenters. The monoisotopic (exact) mass is 364 g/mol. The molecular weight excluding hydrogens is 351 g/mol. The van der Waals surface area contributed by atoms with Crippen molar-refractivity contribution in [1.82, 2.24) is 20.3 Å². The van der Waals surface area contributed by atoms with Gasteiger partial charge in [-0.15, -0.1) is 4.79 Å². The van der Waals surface area contributed by atoms with E-state index < -0.39 is 0 Å². The number of nitrogens with two attached hydrogens (primary N) is 1. The summed E-state index contributed by atoms with van der Waals surface area (Å²) in [5.41, 5.74) is 10.3. The van der Waals surface area contributed by atoms with E-state index in [0.717, 1.165) is 11.1 Å². The predicted octanol–water partition coefficient (Wildman–Crippen LogP) is 2.88. The van der Waals surface area contributed by atoms with Crippen LogP contribution >= 0.6 is 23.2 Å². The number of aromatic nitrogens is 4. The lowest BCUT2D eigenvalue weighted by Gasteiger charge is -2.14. The summed E-state index contributed by atoms with van der Waals surface area (Å²) in [6.45, 7) is 0.731. The van der Waals surface area contributed by atoms with Gasteiger partial charge >= 0.3 is 0 Å². The van der Waals surface area contributed by atoms with Gasteiger partial charge in [-0.2, -0.15) is 0 Å². The summed E-state index contributed by atoms with van der Waals surface area (Å²) < 4.78 is 5.88. The molecule has 124 valence electrons. The van der Waals surface area contributed by atoms with Crippen molar-refractivity contribution in [3.63, 3.8) is 0 Å². The summed E-state index contributed by atoms with van der Waals surface area (Å²) in [7, 11) is 0. The number of anilines is 1. The van der Waals surface area contributed by atoms with Crippen molar-refractivity contribution in [3.8, 4) is 5.75 Å². The van der Waals surface area contributed by atoms with Crippen LogP contribution in [0.3, 0.4) is 0 Å². The summed E-state index contributed by atoms with van der Waals surface area (Å²) in [5.74, 6) is 0.842. The van der Waals surface area contributed by atoms with Gasteiger partial charge in [0.25, 0.3) is 5.95 Å². The first-order chi connectivity index (χ1) is 11.6. The molecule has 1 heterocycles. The first-order valence-corrected chi connectivity index (χ1v) is 7.81. The van der Waals surface area contributed by atoms with Crippen molar-refractivity contribution in [1.29, 1.82) is 0 Å². The zero-order valence-corrected chi connectivity index (χ0v) is 14.0. The molecule has 0 bridgehead atoms. The third-order valence-electron chi connectivity index (χ3n) is 3.28. The molecule has 9 heteroatoms. The molecule has 0 saturated heterocycles. The highest BCUT2D eigenvalue weighted by molar-refractivity contribution is 6.31. The van der Waals surface area contributed by atoms with Crippen molar-refractivity contribution in [2.75, 3.05) is 11.2 Å². The molecule has 0 amide bonds. The van der Waals surface area contributed by atoms with Crippen LogP contribution in [0.2, 0.25) is 10.0 Å². The number of rotatable bonds is 6. The number of hydrogen-bond acceptors (Lipinski definition) is 6. The van der Waals surface area contributed by atoms with Gasteiger partial charge < -0.3 is 15.9 Å². The maximum atomic E-state index is 6.15. The predicted molar refractivity (Wildman–Crippen MR) is 92.5 cm³/mol. The Balaban J connectivity index is 1.73. The first-order valence-electron chi connectivity index (χ1n) is 7.06. The van der Waals surface area contributed by atoms with Crippen LogP contribution in [0.5, 0.6) is 5.75 Å². The minimum Gasteiger partial charge on any atom is -0.488 e. The van der Waals surface area contributed by atoms with Gasteiger partial charge in [-0.3, -0.25) is 0 Å². The maximum Gasteiger partial charge on any atom is 0.260 e. The highest BCUT2D eigenvalue weighted by Crippen LogP contribution is 2.25. The zero-order chi connectivity index (χ0) is 16.9. The number of ether oxygens (including phenoxy) is 1. The summed E-state index contributed by atoms with van der Waals surface area (Å²) in [6.07, 6.45) is 0. The van der Waals surface area contributed by atoms with E-state index in [2.05, 4.69) is 21.0 Å². The molecule has 3 aromatic rings. The van der Waals surface area contributed by atoms with Gasteiger partial charge in [-0.25, -0.2) is 0 Å². The van der Waals surface area contributed by atoms with Crippen molar-refractivity contribution in [2.45, 2.75) is 13.2 Å². The SMILES string of the molecule is Nc1nnnn1NCc1cc(Cl)ccc1OCc1ccccc1Cl. The Kier molecular flexibility index (Phi) is 5.02. The quantitative estimate of drug-likeness (QED) is 0.698. The second kappa shape index (κ2) is 7.37. The molecule has 0 spiro atoms. The number of tetrazole rings is 1. The highest BCUT2D eigenvalue weighted by Gasteiger charge is 2.08. The molecule has 2 aromatic carbocycles. The molecule has 7 nitrogen and oxygen atoms in total. The van der Waals surface area contributed by atoms with Crippen molar-refractivity contribution < 1.29 is 4.74 Å². The molecule has 0 atom stereocenters. The second-order valence-electron chi connectivity index (χ2n) is 4.92. The van der Waals surface area contributed by atoms with E-state index in [4.69, 9.17) is 33.7 Å². The van der Waals surface area contributed by atoms with Crippen LogP contribution in [0.15, 0.2) is 42.5 Å². The molecule has 0 fully saturated rings. The largest absolute Gasteiger partial charge is 0.488 e.